The number of hydrogen-bond donors (Lipinski definition) is 0. The molecule has 0 bridgehead atoms. The number of benzene rings is 1. The van der Waals surface area contributed by atoms with Crippen LogP contribution < -0.4 is 9.47 Å². The van der Waals surface area contributed by atoms with Crippen LogP contribution in [0.25, 0.3) is 0 Å². The number of nitrogens with zero attached hydrogens (tertiary/aromatic N) is 2. The van der Waals surface area contributed by atoms with Crippen LogP contribution in [-0.2, 0) is 11.2 Å². The van der Waals surface area contributed by atoms with Crippen molar-refractivity contribution in [1.82, 2.24) is 9.88 Å². The normalized spacial score (nSPS) is 20.7. The van der Waals surface area contributed by atoms with Gasteiger partial charge in [0.2, 0.25) is 5.91 Å². The van der Waals surface area contributed by atoms with E-state index in [1.807, 2.05) is 53.1 Å². The maximum atomic E-state index is 12.5. The van der Waals surface area contributed by atoms with Crippen LogP contribution in [0.2, 0.25) is 0 Å². The van der Waals surface area contributed by atoms with Crippen molar-refractivity contribution in [2.24, 2.45) is 0 Å². The van der Waals surface area contributed by atoms with Crippen LogP contribution in [0, 0.1) is 0 Å². The third-order valence-corrected chi connectivity index (χ3v) is 6.51. The molecule has 26 heavy (non-hydrogen) atoms. The Labute approximate surface area is 157 Å². The van der Waals surface area contributed by atoms with Crippen LogP contribution >= 0.6 is 11.8 Å². The van der Waals surface area contributed by atoms with E-state index in [4.69, 9.17) is 9.47 Å². The van der Waals surface area contributed by atoms with Crippen LogP contribution in [0.15, 0.2) is 48.8 Å². The number of rotatable bonds is 5. The number of carbonyl (C=O) groups is 1. The molecule has 1 atom stereocenters. The number of aromatic nitrogens is 1. The second-order valence-corrected chi connectivity index (χ2v) is 8.39. The van der Waals surface area contributed by atoms with Crippen molar-refractivity contribution in [3.05, 3.63) is 54.4 Å². The number of methoxy groups -OCH3 is 1. The summed E-state index contributed by atoms with van der Waals surface area (Å²) in [7, 11) is 1.64. The molecule has 2 aliphatic heterocycles. The third kappa shape index (κ3) is 3.65. The highest BCUT2D eigenvalue weighted by atomic mass is 32.2. The average molecular weight is 370 g/mol. The fourth-order valence-corrected chi connectivity index (χ4v) is 5.09. The fourth-order valence-electron chi connectivity index (χ4n) is 3.56. The van der Waals surface area contributed by atoms with E-state index in [0.717, 1.165) is 42.3 Å². The van der Waals surface area contributed by atoms with Gasteiger partial charge < -0.3 is 14.4 Å². The van der Waals surface area contributed by atoms with Crippen LogP contribution in [-0.4, -0.2) is 52.6 Å². The first-order valence-corrected chi connectivity index (χ1v) is 9.76. The first-order valence-electron chi connectivity index (χ1n) is 8.77. The minimum absolute atomic E-state index is 0.169. The predicted molar refractivity (Wildman–Crippen MR) is 102 cm³/mol. The van der Waals surface area contributed by atoms with Gasteiger partial charge in [-0.3, -0.25) is 9.78 Å². The highest BCUT2D eigenvalue weighted by Gasteiger charge is 2.51. The van der Waals surface area contributed by atoms with E-state index in [2.05, 4.69) is 4.98 Å². The Morgan fingerprint density at radius 2 is 2.08 bits per heavy atom. The molecule has 3 heterocycles. The number of hydrogen-bond acceptors (Lipinski definition) is 5. The molecule has 2 aliphatic rings. The highest BCUT2D eigenvalue weighted by molar-refractivity contribution is 8.01. The Bertz CT molecular complexity index is 760. The molecular formula is C20H22N2O3S. The molecular weight excluding hydrogens is 348 g/mol. The summed E-state index contributed by atoms with van der Waals surface area (Å²) < 4.78 is 11.3. The van der Waals surface area contributed by atoms with Gasteiger partial charge in [-0.2, -0.15) is 0 Å². The van der Waals surface area contributed by atoms with Crippen LogP contribution in [0.3, 0.4) is 0 Å². The maximum absolute atomic E-state index is 12.5. The lowest BCUT2D eigenvalue weighted by Crippen LogP contribution is -2.61. The van der Waals surface area contributed by atoms with Gasteiger partial charge in [-0.25, -0.2) is 0 Å². The van der Waals surface area contributed by atoms with Crippen molar-refractivity contribution >= 4 is 17.7 Å². The molecule has 0 aliphatic carbocycles. The van der Waals surface area contributed by atoms with Crippen molar-refractivity contribution in [3.63, 3.8) is 0 Å². The summed E-state index contributed by atoms with van der Waals surface area (Å²) in [5, 5.41) is 0. The zero-order chi connectivity index (χ0) is 18.0. The Hall–Kier alpha value is -2.21. The molecule has 6 heteroatoms. The molecule has 1 spiro atoms. The largest absolute Gasteiger partial charge is 0.497 e. The Morgan fingerprint density at radius 1 is 1.27 bits per heavy atom. The van der Waals surface area contributed by atoms with Crippen LogP contribution in [0.1, 0.15) is 12.0 Å². The molecule has 4 rings (SSSR count). The summed E-state index contributed by atoms with van der Waals surface area (Å²) in [4.78, 5) is 18.6. The number of ether oxygens (including phenoxy) is 2. The zero-order valence-electron chi connectivity index (χ0n) is 14.8. The summed E-state index contributed by atoms with van der Waals surface area (Å²) in [6.45, 7) is 1.64. The van der Waals surface area contributed by atoms with E-state index in [1.54, 1.807) is 19.5 Å². The zero-order valence-corrected chi connectivity index (χ0v) is 15.6. The fraction of sp³-hybridized carbons (Fsp3) is 0.400. The molecule has 2 fully saturated rings. The Morgan fingerprint density at radius 3 is 2.77 bits per heavy atom. The molecule has 1 amide bonds. The molecule has 136 valence electrons. The van der Waals surface area contributed by atoms with E-state index in [-0.39, 0.29) is 16.8 Å². The van der Waals surface area contributed by atoms with Gasteiger partial charge in [0.05, 0.1) is 24.5 Å². The van der Waals surface area contributed by atoms with Crippen LogP contribution in [0.4, 0.5) is 0 Å². The lowest BCUT2D eigenvalue weighted by atomic mass is 9.92. The Kier molecular flexibility index (Phi) is 4.76. The van der Waals surface area contributed by atoms with Crippen molar-refractivity contribution in [2.75, 3.05) is 26.0 Å². The second kappa shape index (κ2) is 7.19. The molecule has 1 unspecified atom stereocenters. The first kappa shape index (κ1) is 17.2. The van der Waals surface area contributed by atoms with Crippen molar-refractivity contribution in [1.29, 1.82) is 0 Å². The van der Waals surface area contributed by atoms with Gasteiger partial charge in [0.25, 0.3) is 0 Å². The highest BCUT2D eigenvalue weighted by Crippen LogP contribution is 2.46. The lowest BCUT2D eigenvalue weighted by molar-refractivity contribution is -0.135. The van der Waals surface area contributed by atoms with Crippen molar-refractivity contribution in [3.8, 4) is 11.5 Å². The summed E-state index contributed by atoms with van der Waals surface area (Å²) in [5.41, 5.74) is 1.02. The standard InChI is InChI=1S/C20H22N2O3S/c1-24-16-6-4-15(5-7-16)9-19(23)22-13-20(14-22)10-18(12-26-20)25-17-3-2-8-21-11-17/h2-8,11,18H,9-10,12-14H2,1H3. The number of pyridine rings is 1. The average Bonchev–Trinajstić information content (AvgIpc) is 3.06. The van der Waals surface area contributed by atoms with E-state index in [0.29, 0.717) is 6.42 Å². The quantitative estimate of drug-likeness (QED) is 0.810. The van der Waals surface area contributed by atoms with Gasteiger partial charge in [0.15, 0.2) is 0 Å². The molecule has 5 nitrogen and oxygen atoms in total. The van der Waals surface area contributed by atoms with E-state index in [9.17, 15) is 4.79 Å². The maximum Gasteiger partial charge on any atom is 0.227 e. The molecule has 0 N–H and O–H groups in total. The molecule has 1 aromatic carbocycles. The summed E-state index contributed by atoms with van der Waals surface area (Å²) in [6.07, 6.45) is 5.12. The lowest BCUT2D eigenvalue weighted by Gasteiger charge is -2.47. The SMILES string of the molecule is COc1ccc(CC(=O)N2CC3(CC(Oc4cccnc4)CS3)C2)cc1. The van der Waals surface area contributed by atoms with Gasteiger partial charge in [0.1, 0.15) is 17.6 Å². The van der Waals surface area contributed by atoms with Crippen molar-refractivity contribution < 1.29 is 14.3 Å². The topological polar surface area (TPSA) is 51.7 Å². The minimum Gasteiger partial charge on any atom is -0.497 e. The van der Waals surface area contributed by atoms with Gasteiger partial charge in [-0.05, 0) is 29.8 Å². The molecule has 0 saturated carbocycles. The van der Waals surface area contributed by atoms with E-state index >= 15 is 0 Å². The van der Waals surface area contributed by atoms with Gasteiger partial charge in [-0.15, -0.1) is 11.8 Å². The van der Waals surface area contributed by atoms with Gasteiger partial charge >= 0.3 is 0 Å². The summed E-state index contributed by atoms with van der Waals surface area (Å²) in [5.74, 6) is 2.79. The van der Waals surface area contributed by atoms with Gasteiger partial charge in [-0.1, -0.05) is 12.1 Å². The number of amides is 1. The summed E-state index contributed by atoms with van der Waals surface area (Å²) >= 11 is 1.94. The monoisotopic (exact) mass is 370 g/mol. The van der Waals surface area contributed by atoms with Crippen LogP contribution in [0.5, 0.6) is 11.5 Å². The smallest absolute Gasteiger partial charge is 0.227 e. The van der Waals surface area contributed by atoms with Gasteiger partial charge in [0, 0.05) is 31.5 Å². The third-order valence-electron chi connectivity index (χ3n) is 4.94. The number of carbonyl (C=O) groups excluding carboxylic acids is 1. The minimum atomic E-state index is 0.169. The number of thioether (sulfide) groups is 1. The van der Waals surface area contributed by atoms with E-state index in [1.165, 1.54) is 0 Å². The molecule has 0 radical (unpaired) electrons. The summed E-state index contributed by atoms with van der Waals surface area (Å²) in [6, 6.07) is 11.5. The number of likely N-dealkylation sites (tertiary alicyclic amines) is 1. The molecule has 2 aromatic rings. The molecule has 1 aromatic heterocycles. The molecule has 2 saturated heterocycles. The predicted octanol–water partition coefficient (Wildman–Crippen LogP) is 2.80. The second-order valence-electron chi connectivity index (χ2n) is 6.90. The first-order chi connectivity index (χ1) is 12.7. The van der Waals surface area contributed by atoms with Crippen molar-refractivity contribution in [2.45, 2.75) is 23.7 Å². The Balaban J connectivity index is 1.27. The van der Waals surface area contributed by atoms with E-state index < -0.39 is 0 Å².